The van der Waals surface area contributed by atoms with E-state index in [0.29, 0.717) is 13.0 Å². The van der Waals surface area contributed by atoms with Crippen LogP contribution in [0.2, 0.25) is 0 Å². The van der Waals surface area contributed by atoms with Crippen molar-refractivity contribution in [1.29, 1.82) is 0 Å². The third kappa shape index (κ3) is 1.59. The van der Waals surface area contributed by atoms with Crippen LogP contribution in [0.3, 0.4) is 0 Å². The van der Waals surface area contributed by atoms with Gasteiger partial charge >= 0.3 is 5.97 Å². The van der Waals surface area contributed by atoms with Crippen molar-refractivity contribution in [3.63, 3.8) is 0 Å². The number of carboxylic acid groups (broad SMARTS) is 1. The Labute approximate surface area is 71.2 Å². The van der Waals surface area contributed by atoms with Crippen molar-refractivity contribution in [1.82, 2.24) is 0 Å². The highest BCUT2D eigenvalue weighted by atomic mass is 16.6. The van der Waals surface area contributed by atoms with Gasteiger partial charge in [0.2, 0.25) is 0 Å². The molecule has 0 aromatic heterocycles. The normalized spacial score (nSPS) is 38.1. The summed E-state index contributed by atoms with van der Waals surface area (Å²) in [7, 11) is 0. The fourth-order valence-corrected chi connectivity index (χ4v) is 1.65. The molecule has 0 bridgehead atoms. The second kappa shape index (κ2) is 3.03. The minimum atomic E-state index is -1.27. The molecule has 0 radical (unpaired) electrons. The number of hydrogen-bond acceptors (Lipinski definition) is 3. The second-order valence-electron chi connectivity index (χ2n) is 3.43. The molecule has 1 saturated heterocycles. The molecule has 0 aromatic carbocycles. The first-order valence-corrected chi connectivity index (χ1v) is 4.04. The van der Waals surface area contributed by atoms with Crippen molar-refractivity contribution in [3.05, 3.63) is 0 Å². The lowest BCUT2D eigenvalue weighted by Crippen LogP contribution is -2.37. The molecule has 12 heavy (non-hydrogen) atoms. The highest BCUT2D eigenvalue weighted by Gasteiger charge is 2.43. The molecule has 1 aliphatic heterocycles. The first-order chi connectivity index (χ1) is 5.45. The zero-order chi connectivity index (χ0) is 9.35. The van der Waals surface area contributed by atoms with Gasteiger partial charge < -0.3 is 14.9 Å². The summed E-state index contributed by atoms with van der Waals surface area (Å²) < 4.78 is 5.02. The van der Waals surface area contributed by atoms with Crippen molar-refractivity contribution in [2.45, 2.75) is 26.1 Å². The van der Waals surface area contributed by atoms with E-state index >= 15 is 0 Å². The molecule has 0 saturated carbocycles. The Kier molecular flexibility index (Phi) is 2.39. The average molecular weight is 174 g/mol. The fourth-order valence-electron chi connectivity index (χ4n) is 1.65. The minimum Gasteiger partial charge on any atom is -0.481 e. The molecule has 3 atom stereocenters. The summed E-state index contributed by atoms with van der Waals surface area (Å²) in [6.45, 7) is 3.55. The molecule has 0 unspecified atom stereocenters. The van der Waals surface area contributed by atoms with Crippen molar-refractivity contribution in [2.75, 3.05) is 6.61 Å². The van der Waals surface area contributed by atoms with Crippen LogP contribution >= 0.6 is 0 Å². The lowest BCUT2D eigenvalue weighted by molar-refractivity contribution is -0.193. The Hall–Kier alpha value is -0.610. The Morgan fingerprint density at radius 3 is 2.67 bits per heavy atom. The molecule has 1 fully saturated rings. The van der Waals surface area contributed by atoms with E-state index in [4.69, 9.17) is 9.84 Å². The number of aliphatic carboxylic acids is 1. The Balaban J connectivity index is 2.68. The molecule has 4 heteroatoms. The number of carboxylic acids is 1. The molecule has 1 aliphatic rings. The van der Waals surface area contributed by atoms with Crippen LogP contribution < -0.4 is 0 Å². The fraction of sp³-hybridized carbons (Fsp3) is 0.875. The maximum absolute atomic E-state index is 10.6. The second-order valence-corrected chi connectivity index (χ2v) is 3.43. The van der Waals surface area contributed by atoms with Crippen molar-refractivity contribution >= 4 is 5.97 Å². The lowest BCUT2D eigenvalue weighted by atomic mass is 9.86. The SMILES string of the molecule is C[C@H](C(=O)O)[C@@H]1CCO[C@@]1(C)O. The van der Waals surface area contributed by atoms with Crippen LogP contribution in [0.1, 0.15) is 20.3 Å². The molecular weight excluding hydrogens is 160 g/mol. The first-order valence-electron chi connectivity index (χ1n) is 4.04. The quantitative estimate of drug-likeness (QED) is 0.638. The van der Waals surface area contributed by atoms with E-state index in [1.165, 1.54) is 6.92 Å². The largest absolute Gasteiger partial charge is 0.481 e. The average Bonchev–Trinajstić information content (AvgIpc) is 2.27. The first kappa shape index (κ1) is 9.48. The number of carbonyl (C=O) groups is 1. The van der Waals surface area contributed by atoms with Crippen LogP contribution in [0, 0.1) is 11.8 Å². The van der Waals surface area contributed by atoms with Gasteiger partial charge in [0.15, 0.2) is 5.79 Å². The standard InChI is InChI=1S/C8H14O4/c1-5(7(9)10)6-3-4-12-8(6,2)11/h5-6,11H,3-4H2,1-2H3,(H,9,10)/t5-,6-,8+/m0/s1. The number of rotatable bonds is 2. The lowest BCUT2D eigenvalue weighted by Gasteiger charge is -2.26. The van der Waals surface area contributed by atoms with Crippen LogP contribution in [0.15, 0.2) is 0 Å². The predicted molar refractivity (Wildman–Crippen MR) is 41.5 cm³/mol. The number of ether oxygens (including phenoxy) is 1. The van der Waals surface area contributed by atoms with Gasteiger partial charge in [-0.1, -0.05) is 6.92 Å². The Bertz CT molecular complexity index is 187. The Morgan fingerprint density at radius 2 is 2.33 bits per heavy atom. The molecule has 0 aliphatic carbocycles. The summed E-state index contributed by atoms with van der Waals surface area (Å²) in [6.07, 6.45) is 0.612. The highest BCUT2D eigenvalue weighted by Crippen LogP contribution is 2.35. The number of hydrogen-bond donors (Lipinski definition) is 2. The van der Waals surface area contributed by atoms with E-state index in [1.54, 1.807) is 6.92 Å². The van der Waals surface area contributed by atoms with Crippen molar-refractivity contribution in [3.8, 4) is 0 Å². The monoisotopic (exact) mass is 174 g/mol. The maximum Gasteiger partial charge on any atom is 0.306 e. The highest BCUT2D eigenvalue weighted by molar-refractivity contribution is 5.70. The van der Waals surface area contributed by atoms with E-state index in [2.05, 4.69) is 0 Å². The van der Waals surface area contributed by atoms with Gasteiger partial charge in [-0.25, -0.2) is 0 Å². The van der Waals surface area contributed by atoms with E-state index in [1.807, 2.05) is 0 Å². The summed E-state index contributed by atoms with van der Waals surface area (Å²) in [6, 6.07) is 0. The molecule has 0 amide bonds. The third-order valence-electron chi connectivity index (χ3n) is 2.50. The topological polar surface area (TPSA) is 66.8 Å². The van der Waals surface area contributed by atoms with Crippen molar-refractivity contribution < 1.29 is 19.7 Å². The molecule has 1 rings (SSSR count). The van der Waals surface area contributed by atoms with Crippen LogP contribution in [-0.2, 0) is 9.53 Å². The molecule has 0 spiro atoms. The summed E-state index contributed by atoms with van der Waals surface area (Å²) >= 11 is 0. The van der Waals surface area contributed by atoms with Gasteiger partial charge in [-0.2, -0.15) is 0 Å². The summed E-state index contributed by atoms with van der Waals surface area (Å²) in [5.74, 6) is -3.00. The van der Waals surface area contributed by atoms with Crippen LogP contribution in [0.5, 0.6) is 0 Å². The zero-order valence-corrected chi connectivity index (χ0v) is 7.28. The molecule has 2 N–H and O–H groups in total. The van der Waals surface area contributed by atoms with E-state index in [-0.39, 0.29) is 5.92 Å². The summed E-state index contributed by atoms with van der Waals surface area (Å²) in [5, 5.41) is 18.3. The molecule has 1 heterocycles. The van der Waals surface area contributed by atoms with E-state index in [9.17, 15) is 9.90 Å². The smallest absolute Gasteiger partial charge is 0.306 e. The van der Waals surface area contributed by atoms with Crippen LogP contribution in [0.25, 0.3) is 0 Å². The van der Waals surface area contributed by atoms with Gasteiger partial charge in [-0.15, -0.1) is 0 Å². The van der Waals surface area contributed by atoms with Gasteiger partial charge in [0.05, 0.1) is 12.5 Å². The van der Waals surface area contributed by atoms with Crippen molar-refractivity contribution in [2.24, 2.45) is 11.8 Å². The summed E-state index contributed by atoms with van der Waals surface area (Å²) in [4.78, 5) is 10.6. The van der Waals surface area contributed by atoms with Gasteiger partial charge in [0, 0.05) is 5.92 Å². The number of aliphatic hydroxyl groups is 1. The summed E-state index contributed by atoms with van der Waals surface area (Å²) in [5.41, 5.74) is 0. The van der Waals surface area contributed by atoms with E-state index in [0.717, 1.165) is 0 Å². The maximum atomic E-state index is 10.6. The van der Waals surface area contributed by atoms with Gasteiger partial charge in [-0.05, 0) is 13.3 Å². The molecule has 70 valence electrons. The van der Waals surface area contributed by atoms with Crippen LogP contribution in [0.4, 0.5) is 0 Å². The predicted octanol–water partition coefficient (Wildman–Crippen LogP) is 0.452. The minimum absolute atomic E-state index is 0.296. The third-order valence-corrected chi connectivity index (χ3v) is 2.50. The van der Waals surface area contributed by atoms with E-state index < -0.39 is 17.7 Å². The zero-order valence-electron chi connectivity index (χ0n) is 7.28. The van der Waals surface area contributed by atoms with Crippen LogP contribution in [-0.4, -0.2) is 28.6 Å². The molecule has 4 nitrogen and oxygen atoms in total. The van der Waals surface area contributed by atoms with Gasteiger partial charge in [-0.3, -0.25) is 4.79 Å². The molecule has 0 aromatic rings. The van der Waals surface area contributed by atoms with Gasteiger partial charge in [0.1, 0.15) is 0 Å². The molecular formula is C8H14O4. The van der Waals surface area contributed by atoms with Gasteiger partial charge in [0.25, 0.3) is 0 Å². The Morgan fingerprint density at radius 1 is 1.75 bits per heavy atom.